The standard InChI is InChI=1S/C6H5NO5/c8-3-1-2-4(9)7(3)5(10)6(11)12/h1-2H2,(H,11,12). The van der Waals surface area contributed by atoms with Crippen LogP contribution in [0.2, 0.25) is 0 Å². The van der Waals surface area contributed by atoms with Gasteiger partial charge in [-0.3, -0.25) is 14.4 Å². The van der Waals surface area contributed by atoms with Crippen LogP contribution < -0.4 is 0 Å². The Hall–Kier alpha value is -1.72. The molecule has 0 atom stereocenters. The second-order valence-corrected chi connectivity index (χ2v) is 2.23. The largest absolute Gasteiger partial charge is 0.474 e. The van der Waals surface area contributed by atoms with Gasteiger partial charge in [0.2, 0.25) is 11.8 Å². The van der Waals surface area contributed by atoms with Crippen molar-refractivity contribution in [3.8, 4) is 0 Å². The monoisotopic (exact) mass is 171 g/mol. The lowest BCUT2D eigenvalue weighted by Gasteiger charge is -2.06. The van der Waals surface area contributed by atoms with E-state index < -0.39 is 23.7 Å². The van der Waals surface area contributed by atoms with Crippen LogP contribution in [0.3, 0.4) is 0 Å². The number of likely N-dealkylation sites (tertiary alicyclic amines) is 1. The number of hydrogen-bond donors (Lipinski definition) is 1. The van der Waals surface area contributed by atoms with Crippen molar-refractivity contribution in [3.05, 3.63) is 0 Å². The van der Waals surface area contributed by atoms with Crippen LogP contribution in [0.25, 0.3) is 0 Å². The summed E-state index contributed by atoms with van der Waals surface area (Å²) in [5.74, 6) is -4.75. The van der Waals surface area contributed by atoms with E-state index in [1.54, 1.807) is 0 Å². The Bertz CT molecular complexity index is 266. The molecule has 1 saturated heterocycles. The molecule has 1 rings (SSSR count). The predicted molar refractivity (Wildman–Crippen MR) is 33.7 cm³/mol. The highest BCUT2D eigenvalue weighted by atomic mass is 16.4. The molecule has 0 bridgehead atoms. The zero-order valence-electron chi connectivity index (χ0n) is 5.94. The Morgan fingerprint density at radius 2 is 1.58 bits per heavy atom. The van der Waals surface area contributed by atoms with Gasteiger partial charge in [-0.25, -0.2) is 9.69 Å². The molecule has 0 unspecified atom stereocenters. The molecule has 6 nitrogen and oxygen atoms in total. The van der Waals surface area contributed by atoms with E-state index in [9.17, 15) is 19.2 Å². The summed E-state index contributed by atoms with van der Waals surface area (Å²) in [5.41, 5.74) is 0. The zero-order valence-corrected chi connectivity index (χ0v) is 5.94. The molecule has 0 aromatic rings. The maximum absolute atomic E-state index is 10.8. The smallest absolute Gasteiger partial charge is 0.395 e. The van der Waals surface area contributed by atoms with E-state index in [0.717, 1.165) is 0 Å². The summed E-state index contributed by atoms with van der Waals surface area (Å²) in [5, 5.41) is 8.18. The molecular weight excluding hydrogens is 166 g/mol. The maximum atomic E-state index is 10.8. The summed E-state index contributed by atoms with van der Waals surface area (Å²) in [6.07, 6.45) is -0.171. The number of carboxylic acids is 1. The van der Waals surface area contributed by atoms with E-state index in [0.29, 0.717) is 0 Å². The highest BCUT2D eigenvalue weighted by Gasteiger charge is 2.37. The van der Waals surface area contributed by atoms with E-state index >= 15 is 0 Å². The van der Waals surface area contributed by atoms with Crippen LogP contribution in [0.4, 0.5) is 0 Å². The molecule has 6 heteroatoms. The number of carbonyl (C=O) groups excluding carboxylic acids is 3. The molecule has 3 amide bonds. The topological polar surface area (TPSA) is 91.8 Å². The Labute approximate surface area is 66.8 Å². The van der Waals surface area contributed by atoms with Crippen molar-refractivity contribution >= 4 is 23.7 Å². The van der Waals surface area contributed by atoms with Crippen LogP contribution in [0.5, 0.6) is 0 Å². The van der Waals surface area contributed by atoms with Gasteiger partial charge in [-0.15, -0.1) is 0 Å². The number of carbonyl (C=O) groups is 4. The second-order valence-electron chi connectivity index (χ2n) is 2.23. The predicted octanol–water partition coefficient (Wildman–Crippen LogP) is -1.25. The fourth-order valence-electron chi connectivity index (χ4n) is 0.899. The van der Waals surface area contributed by atoms with Crippen molar-refractivity contribution in [2.45, 2.75) is 12.8 Å². The number of rotatable bonds is 0. The summed E-state index contributed by atoms with van der Waals surface area (Å²) in [6.45, 7) is 0. The number of amides is 3. The van der Waals surface area contributed by atoms with E-state index in [2.05, 4.69) is 0 Å². The van der Waals surface area contributed by atoms with Gasteiger partial charge in [0.1, 0.15) is 0 Å². The van der Waals surface area contributed by atoms with Gasteiger partial charge in [0, 0.05) is 12.8 Å². The highest BCUT2D eigenvalue weighted by molar-refractivity contribution is 6.39. The van der Waals surface area contributed by atoms with Gasteiger partial charge in [0.15, 0.2) is 0 Å². The molecule has 1 aliphatic heterocycles. The molecule has 0 saturated carbocycles. The molecule has 0 aromatic carbocycles. The third-order valence-corrected chi connectivity index (χ3v) is 1.44. The molecule has 1 heterocycles. The minimum Gasteiger partial charge on any atom is -0.474 e. The first-order valence-corrected chi connectivity index (χ1v) is 3.17. The van der Waals surface area contributed by atoms with Crippen molar-refractivity contribution in [3.63, 3.8) is 0 Å². The summed E-state index contributed by atoms with van der Waals surface area (Å²) >= 11 is 0. The van der Waals surface area contributed by atoms with Gasteiger partial charge in [0.05, 0.1) is 0 Å². The first-order valence-electron chi connectivity index (χ1n) is 3.17. The van der Waals surface area contributed by atoms with Crippen molar-refractivity contribution in [2.75, 3.05) is 0 Å². The number of nitrogens with zero attached hydrogens (tertiary/aromatic N) is 1. The first-order chi connectivity index (χ1) is 5.54. The van der Waals surface area contributed by atoms with Crippen LogP contribution >= 0.6 is 0 Å². The van der Waals surface area contributed by atoms with Gasteiger partial charge >= 0.3 is 11.9 Å². The van der Waals surface area contributed by atoms with Gasteiger partial charge < -0.3 is 5.11 Å². The van der Waals surface area contributed by atoms with Crippen molar-refractivity contribution in [1.82, 2.24) is 4.90 Å². The quantitative estimate of drug-likeness (QED) is 0.363. The van der Waals surface area contributed by atoms with Crippen molar-refractivity contribution in [1.29, 1.82) is 0 Å². The van der Waals surface area contributed by atoms with Gasteiger partial charge in [-0.1, -0.05) is 0 Å². The van der Waals surface area contributed by atoms with Gasteiger partial charge in [-0.2, -0.15) is 0 Å². The van der Waals surface area contributed by atoms with E-state index in [1.807, 2.05) is 0 Å². The van der Waals surface area contributed by atoms with E-state index in [-0.39, 0.29) is 17.7 Å². The zero-order chi connectivity index (χ0) is 9.30. The fourth-order valence-corrected chi connectivity index (χ4v) is 0.899. The molecule has 0 spiro atoms. The van der Waals surface area contributed by atoms with E-state index in [1.165, 1.54) is 0 Å². The van der Waals surface area contributed by atoms with Crippen molar-refractivity contribution < 1.29 is 24.3 Å². The molecule has 12 heavy (non-hydrogen) atoms. The number of hydrogen-bond acceptors (Lipinski definition) is 4. The Morgan fingerprint density at radius 1 is 1.17 bits per heavy atom. The molecule has 1 fully saturated rings. The van der Waals surface area contributed by atoms with Crippen molar-refractivity contribution in [2.24, 2.45) is 0 Å². The summed E-state index contributed by atoms with van der Waals surface area (Å²) in [4.78, 5) is 42.4. The lowest BCUT2D eigenvalue weighted by atomic mass is 10.4. The molecule has 1 aliphatic rings. The van der Waals surface area contributed by atoms with E-state index in [4.69, 9.17) is 5.11 Å². The second kappa shape index (κ2) is 2.72. The van der Waals surface area contributed by atoms with Crippen LogP contribution in [-0.4, -0.2) is 33.7 Å². The van der Waals surface area contributed by atoms with Crippen LogP contribution in [0.1, 0.15) is 12.8 Å². The van der Waals surface area contributed by atoms with Crippen LogP contribution in [0, 0.1) is 0 Å². The minimum atomic E-state index is -1.79. The number of carboxylic acid groups (broad SMARTS) is 1. The first kappa shape index (κ1) is 8.38. The summed E-state index contributed by atoms with van der Waals surface area (Å²) in [6, 6.07) is 0. The third kappa shape index (κ3) is 1.18. The molecular formula is C6H5NO5. The number of imide groups is 3. The molecule has 1 N–H and O–H groups in total. The Kier molecular flexibility index (Phi) is 1.90. The average molecular weight is 171 g/mol. The lowest BCUT2D eigenvalue weighted by Crippen LogP contribution is -2.40. The minimum absolute atomic E-state index is 0.0855. The molecule has 0 radical (unpaired) electrons. The maximum Gasteiger partial charge on any atom is 0.395 e. The normalized spacial score (nSPS) is 16.8. The Balaban J connectivity index is 2.87. The van der Waals surface area contributed by atoms with Gasteiger partial charge in [-0.05, 0) is 0 Å². The third-order valence-electron chi connectivity index (χ3n) is 1.44. The average Bonchev–Trinajstić information content (AvgIpc) is 2.30. The fraction of sp³-hybridized carbons (Fsp3) is 0.333. The van der Waals surface area contributed by atoms with Crippen LogP contribution in [-0.2, 0) is 19.2 Å². The Morgan fingerprint density at radius 3 is 1.92 bits per heavy atom. The lowest BCUT2D eigenvalue weighted by molar-refractivity contribution is -0.161. The van der Waals surface area contributed by atoms with Gasteiger partial charge in [0.25, 0.3) is 0 Å². The van der Waals surface area contributed by atoms with Crippen LogP contribution in [0.15, 0.2) is 0 Å². The summed E-state index contributed by atoms with van der Waals surface area (Å²) in [7, 11) is 0. The molecule has 0 aliphatic carbocycles. The molecule has 0 aromatic heterocycles. The molecule has 64 valence electrons. The number of aliphatic carboxylic acids is 1. The summed E-state index contributed by atoms with van der Waals surface area (Å²) < 4.78 is 0. The highest BCUT2D eigenvalue weighted by Crippen LogP contribution is 2.11. The SMILES string of the molecule is O=C(O)C(=O)N1C(=O)CCC1=O.